The standard InChI is InChI=1S/C18H22F4N2O/c1-2-7-23-12-16-4-3-8-24(16)17(25)6-5-13-9-14(18(20,21)22)11-15(19)10-13/h5-6,9-11,16,23H,2-4,7-8,12H2,1H3/b6-5+. The van der Waals surface area contributed by atoms with E-state index in [4.69, 9.17) is 0 Å². The first-order chi connectivity index (χ1) is 11.8. The molecular formula is C18H22F4N2O. The minimum absolute atomic E-state index is 0.0144. The van der Waals surface area contributed by atoms with Crippen LogP contribution < -0.4 is 5.32 Å². The SMILES string of the molecule is CCCNCC1CCCN1C(=O)/C=C/c1cc(F)cc(C(F)(F)F)c1. The molecule has 0 spiro atoms. The summed E-state index contributed by atoms with van der Waals surface area (Å²) in [5.74, 6) is -1.25. The molecular weight excluding hydrogens is 336 g/mol. The predicted molar refractivity (Wildman–Crippen MR) is 88.3 cm³/mol. The number of benzene rings is 1. The highest BCUT2D eigenvalue weighted by Crippen LogP contribution is 2.30. The van der Waals surface area contributed by atoms with Crippen molar-refractivity contribution in [2.75, 3.05) is 19.6 Å². The van der Waals surface area contributed by atoms with Crippen molar-refractivity contribution in [1.82, 2.24) is 10.2 Å². The second-order valence-electron chi connectivity index (χ2n) is 6.14. The third kappa shape index (κ3) is 5.56. The third-order valence-corrected chi connectivity index (χ3v) is 4.13. The van der Waals surface area contributed by atoms with Crippen LogP contribution in [0.2, 0.25) is 0 Å². The summed E-state index contributed by atoms with van der Waals surface area (Å²) in [6, 6.07) is 2.33. The second-order valence-corrected chi connectivity index (χ2v) is 6.14. The van der Waals surface area contributed by atoms with Crippen molar-refractivity contribution < 1.29 is 22.4 Å². The number of nitrogens with zero attached hydrogens (tertiary/aromatic N) is 1. The van der Waals surface area contributed by atoms with Crippen molar-refractivity contribution in [2.45, 2.75) is 38.4 Å². The molecule has 2 rings (SSSR count). The number of halogens is 4. The molecule has 1 aliphatic rings. The summed E-state index contributed by atoms with van der Waals surface area (Å²) in [6.07, 6.45) is 0.620. The van der Waals surface area contributed by atoms with Crippen LogP contribution in [0.4, 0.5) is 17.6 Å². The molecule has 1 atom stereocenters. The van der Waals surface area contributed by atoms with E-state index in [1.54, 1.807) is 4.90 Å². The molecule has 1 N–H and O–H groups in total. The number of carbonyl (C=O) groups excluding carboxylic acids is 1. The Morgan fingerprint density at radius 2 is 2.12 bits per heavy atom. The van der Waals surface area contributed by atoms with Crippen molar-refractivity contribution in [3.8, 4) is 0 Å². The number of nitrogens with one attached hydrogen (secondary N) is 1. The average molecular weight is 358 g/mol. The number of hydrogen-bond acceptors (Lipinski definition) is 2. The highest BCUT2D eigenvalue weighted by molar-refractivity contribution is 5.92. The van der Waals surface area contributed by atoms with Crippen LogP contribution >= 0.6 is 0 Å². The molecule has 0 bridgehead atoms. The molecule has 1 saturated heterocycles. The van der Waals surface area contributed by atoms with E-state index in [1.807, 2.05) is 0 Å². The summed E-state index contributed by atoms with van der Waals surface area (Å²) in [4.78, 5) is 14.0. The first-order valence-electron chi connectivity index (χ1n) is 8.38. The maximum absolute atomic E-state index is 13.4. The van der Waals surface area contributed by atoms with Gasteiger partial charge >= 0.3 is 6.18 Å². The van der Waals surface area contributed by atoms with E-state index in [1.165, 1.54) is 12.2 Å². The van der Waals surface area contributed by atoms with Gasteiger partial charge in [0.1, 0.15) is 5.82 Å². The summed E-state index contributed by atoms with van der Waals surface area (Å²) >= 11 is 0. The van der Waals surface area contributed by atoms with Gasteiger partial charge in [0.05, 0.1) is 5.56 Å². The number of rotatable bonds is 6. The first kappa shape index (κ1) is 19.4. The third-order valence-electron chi connectivity index (χ3n) is 4.13. The summed E-state index contributed by atoms with van der Waals surface area (Å²) < 4.78 is 51.5. The minimum Gasteiger partial charge on any atom is -0.335 e. The zero-order valence-corrected chi connectivity index (χ0v) is 14.1. The normalized spacial score (nSPS) is 18.3. The molecule has 0 saturated carbocycles. The van der Waals surface area contributed by atoms with E-state index >= 15 is 0 Å². The Kier molecular flexibility index (Phi) is 6.58. The molecule has 138 valence electrons. The van der Waals surface area contributed by atoms with E-state index in [0.717, 1.165) is 37.9 Å². The Hall–Kier alpha value is -1.89. The molecule has 1 aromatic rings. The zero-order chi connectivity index (χ0) is 18.4. The molecule has 25 heavy (non-hydrogen) atoms. The maximum Gasteiger partial charge on any atom is 0.416 e. The van der Waals surface area contributed by atoms with Crippen LogP contribution in [-0.2, 0) is 11.0 Å². The van der Waals surface area contributed by atoms with Gasteiger partial charge in [0, 0.05) is 25.2 Å². The number of carbonyl (C=O) groups is 1. The van der Waals surface area contributed by atoms with Gasteiger partial charge in [0.25, 0.3) is 0 Å². The van der Waals surface area contributed by atoms with E-state index in [0.29, 0.717) is 19.2 Å². The largest absolute Gasteiger partial charge is 0.416 e. The van der Waals surface area contributed by atoms with E-state index in [2.05, 4.69) is 12.2 Å². The molecule has 3 nitrogen and oxygen atoms in total. The molecule has 1 unspecified atom stereocenters. The molecule has 1 aliphatic heterocycles. The topological polar surface area (TPSA) is 32.3 Å². The van der Waals surface area contributed by atoms with E-state index in [9.17, 15) is 22.4 Å². The van der Waals surface area contributed by atoms with Crippen molar-refractivity contribution in [1.29, 1.82) is 0 Å². The lowest BCUT2D eigenvalue weighted by molar-refractivity contribution is -0.137. The van der Waals surface area contributed by atoms with Gasteiger partial charge in [0.2, 0.25) is 5.91 Å². The fourth-order valence-corrected chi connectivity index (χ4v) is 2.92. The molecule has 1 amide bonds. The van der Waals surface area contributed by atoms with Gasteiger partial charge in [-0.2, -0.15) is 13.2 Å². The molecule has 0 aromatic heterocycles. The molecule has 1 fully saturated rings. The van der Waals surface area contributed by atoms with Gasteiger partial charge in [-0.05, 0) is 55.6 Å². The Morgan fingerprint density at radius 3 is 2.80 bits per heavy atom. The monoisotopic (exact) mass is 358 g/mol. The highest BCUT2D eigenvalue weighted by Gasteiger charge is 2.31. The second kappa shape index (κ2) is 8.47. The minimum atomic E-state index is -4.63. The van der Waals surface area contributed by atoms with Gasteiger partial charge in [-0.25, -0.2) is 4.39 Å². The molecule has 7 heteroatoms. The van der Waals surface area contributed by atoms with Crippen LogP contribution in [0.25, 0.3) is 6.08 Å². The number of alkyl halides is 3. The van der Waals surface area contributed by atoms with Gasteiger partial charge in [-0.3, -0.25) is 4.79 Å². The van der Waals surface area contributed by atoms with Crippen molar-refractivity contribution in [3.05, 3.63) is 41.2 Å². The lowest BCUT2D eigenvalue weighted by Gasteiger charge is -2.23. The van der Waals surface area contributed by atoms with E-state index in [-0.39, 0.29) is 17.5 Å². The van der Waals surface area contributed by atoms with Crippen molar-refractivity contribution in [2.24, 2.45) is 0 Å². The fourth-order valence-electron chi connectivity index (χ4n) is 2.92. The number of hydrogen-bond donors (Lipinski definition) is 1. The van der Waals surface area contributed by atoms with Crippen molar-refractivity contribution in [3.63, 3.8) is 0 Å². The molecule has 1 aromatic carbocycles. The van der Waals surface area contributed by atoms with Crippen LogP contribution in [0.3, 0.4) is 0 Å². The van der Waals surface area contributed by atoms with E-state index < -0.39 is 17.6 Å². The van der Waals surface area contributed by atoms with Gasteiger partial charge in [-0.15, -0.1) is 0 Å². The summed E-state index contributed by atoms with van der Waals surface area (Å²) in [6.45, 7) is 4.25. The van der Waals surface area contributed by atoms with Gasteiger partial charge < -0.3 is 10.2 Å². The predicted octanol–water partition coefficient (Wildman–Crippen LogP) is 3.85. The first-order valence-corrected chi connectivity index (χ1v) is 8.38. The zero-order valence-electron chi connectivity index (χ0n) is 14.1. The van der Waals surface area contributed by atoms with Crippen LogP contribution in [0, 0.1) is 5.82 Å². The maximum atomic E-state index is 13.4. The molecule has 0 aliphatic carbocycles. The van der Waals surface area contributed by atoms with Crippen LogP contribution in [0.5, 0.6) is 0 Å². The summed E-state index contributed by atoms with van der Waals surface area (Å²) in [5.41, 5.74) is -1.05. The van der Waals surface area contributed by atoms with Crippen LogP contribution in [-0.4, -0.2) is 36.5 Å². The lowest BCUT2D eigenvalue weighted by atomic mass is 10.1. The van der Waals surface area contributed by atoms with Gasteiger partial charge in [-0.1, -0.05) is 6.92 Å². The van der Waals surface area contributed by atoms with Crippen LogP contribution in [0.1, 0.15) is 37.3 Å². The average Bonchev–Trinajstić information content (AvgIpc) is 3.00. The quantitative estimate of drug-likeness (QED) is 0.476. The summed E-state index contributed by atoms with van der Waals surface area (Å²) in [5, 5.41) is 3.27. The Morgan fingerprint density at radius 1 is 1.36 bits per heavy atom. The Bertz CT molecular complexity index is 628. The highest BCUT2D eigenvalue weighted by atomic mass is 19.4. The van der Waals surface area contributed by atoms with Gasteiger partial charge in [0.15, 0.2) is 0 Å². The fraction of sp³-hybridized carbons (Fsp3) is 0.500. The summed E-state index contributed by atoms with van der Waals surface area (Å²) in [7, 11) is 0. The molecule has 0 radical (unpaired) electrons. The van der Waals surface area contributed by atoms with Crippen LogP contribution in [0.15, 0.2) is 24.3 Å². The smallest absolute Gasteiger partial charge is 0.335 e. The number of amides is 1. The Balaban J connectivity index is 2.05. The molecule has 1 heterocycles. The van der Waals surface area contributed by atoms with Crippen molar-refractivity contribution >= 4 is 12.0 Å². The number of likely N-dealkylation sites (tertiary alicyclic amines) is 1. The Labute approximate surface area is 144 Å². The lowest BCUT2D eigenvalue weighted by Crippen LogP contribution is -2.41.